The van der Waals surface area contributed by atoms with Crippen molar-refractivity contribution in [1.29, 1.82) is 5.26 Å². The van der Waals surface area contributed by atoms with Gasteiger partial charge in [0.25, 0.3) is 0 Å². The summed E-state index contributed by atoms with van der Waals surface area (Å²) in [6, 6.07) is 17.0. The Hall–Kier alpha value is -2.88. The summed E-state index contributed by atoms with van der Waals surface area (Å²) in [6.45, 7) is 6.38. The van der Waals surface area contributed by atoms with Crippen molar-refractivity contribution in [1.82, 2.24) is 9.80 Å². The second kappa shape index (κ2) is 9.36. The van der Waals surface area contributed by atoms with Crippen molar-refractivity contribution in [2.24, 2.45) is 0 Å². The highest BCUT2D eigenvalue weighted by atomic mass is 16.5. The number of carbonyl (C=O) groups is 1. The minimum absolute atomic E-state index is 0.0429. The van der Waals surface area contributed by atoms with E-state index in [1.165, 1.54) is 5.56 Å². The average Bonchev–Trinajstić information content (AvgIpc) is 2.74. The Bertz CT molecular complexity index is 836. The molecule has 1 fully saturated rings. The maximum Gasteiger partial charge on any atom is 0.241 e. The van der Waals surface area contributed by atoms with Crippen molar-refractivity contribution < 1.29 is 9.53 Å². The molecule has 1 N–H and O–H groups in total. The first-order valence-corrected chi connectivity index (χ1v) is 9.49. The fourth-order valence-corrected chi connectivity index (χ4v) is 3.38. The van der Waals surface area contributed by atoms with Crippen LogP contribution in [-0.2, 0) is 11.3 Å². The lowest BCUT2D eigenvalue weighted by Crippen LogP contribution is -2.52. The van der Waals surface area contributed by atoms with Crippen molar-refractivity contribution >= 4 is 11.6 Å². The van der Waals surface area contributed by atoms with E-state index in [1.807, 2.05) is 19.1 Å². The Morgan fingerprint density at radius 3 is 2.54 bits per heavy atom. The molecular weight excluding hydrogens is 352 g/mol. The molecule has 1 aliphatic rings. The molecule has 28 heavy (non-hydrogen) atoms. The van der Waals surface area contributed by atoms with Crippen LogP contribution in [0.2, 0.25) is 0 Å². The van der Waals surface area contributed by atoms with Crippen LogP contribution < -0.4 is 10.1 Å². The number of rotatable bonds is 6. The topological polar surface area (TPSA) is 68.6 Å². The number of hydrogen-bond donors (Lipinski definition) is 1. The number of nitriles is 1. The zero-order chi connectivity index (χ0) is 19.9. The summed E-state index contributed by atoms with van der Waals surface area (Å²) < 4.78 is 5.20. The second-order valence-electron chi connectivity index (χ2n) is 7.02. The number of piperazine rings is 1. The molecule has 6 nitrogen and oxygen atoms in total. The van der Waals surface area contributed by atoms with Crippen LogP contribution >= 0.6 is 0 Å². The monoisotopic (exact) mass is 378 g/mol. The normalized spacial score (nSPS) is 16.2. The van der Waals surface area contributed by atoms with E-state index in [4.69, 9.17) is 10.00 Å². The highest BCUT2D eigenvalue weighted by molar-refractivity contribution is 5.94. The van der Waals surface area contributed by atoms with Crippen LogP contribution in [0.25, 0.3) is 0 Å². The number of anilines is 1. The number of nitrogens with one attached hydrogen (secondary N) is 1. The van der Waals surface area contributed by atoms with Crippen LogP contribution in [-0.4, -0.2) is 55.0 Å². The number of ether oxygens (including phenoxy) is 1. The minimum atomic E-state index is -0.214. The lowest BCUT2D eigenvalue weighted by molar-refractivity contribution is -0.121. The molecule has 0 bridgehead atoms. The van der Waals surface area contributed by atoms with E-state index in [1.54, 1.807) is 31.4 Å². The SMILES string of the molecule is COc1ccc(CN2CCN([C@@H](C)C(=O)Nc3cccc(C#N)c3)CC2)cc1. The number of amides is 1. The zero-order valence-corrected chi connectivity index (χ0v) is 16.4. The van der Waals surface area contributed by atoms with Crippen LogP contribution in [0.5, 0.6) is 5.75 Å². The van der Waals surface area contributed by atoms with Gasteiger partial charge in [0.2, 0.25) is 5.91 Å². The van der Waals surface area contributed by atoms with Crippen molar-refractivity contribution in [3.63, 3.8) is 0 Å². The molecule has 0 saturated carbocycles. The smallest absolute Gasteiger partial charge is 0.241 e. The van der Waals surface area contributed by atoms with Crippen LogP contribution in [0.1, 0.15) is 18.1 Å². The van der Waals surface area contributed by atoms with E-state index in [9.17, 15) is 4.79 Å². The van der Waals surface area contributed by atoms with Gasteiger partial charge >= 0.3 is 0 Å². The predicted octanol–water partition coefficient (Wildman–Crippen LogP) is 2.71. The van der Waals surface area contributed by atoms with E-state index < -0.39 is 0 Å². The van der Waals surface area contributed by atoms with Gasteiger partial charge in [0.15, 0.2) is 0 Å². The van der Waals surface area contributed by atoms with Gasteiger partial charge in [-0.1, -0.05) is 18.2 Å². The van der Waals surface area contributed by atoms with Crippen LogP contribution in [0.4, 0.5) is 5.69 Å². The Morgan fingerprint density at radius 2 is 1.89 bits per heavy atom. The number of methoxy groups -OCH3 is 1. The molecule has 0 radical (unpaired) electrons. The fourth-order valence-electron chi connectivity index (χ4n) is 3.38. The highest BCUT2D eigenvalue weighted by Gasteiger charge is 2.25. The van der Waals surface area contributed by atoms with Crippen LogP contribution in [0.15, 0.2) is 48.5 Å². The van der Waals surface area contributed by atoms with Gasteiger partial charge < -0.3 is 10.1 Å². The van der Waals surface area contributed by atoms with Gasteiger partial charge in [0.1, 0.15) is 5.75 Å². The maximum absolute atomic E-state index is 12.6. The van der Waals surface area contributed by atoms with Crippen molar-refractivity contribution in [3.8, 4) is 11.8 Å². The third-order valence-electron chi connectivity index (χ3n) is 5.16. The van der Waals surface area contributed by atoms with Gasteiger partial charge in [0.05, 0.1) is 24.8 Å². The third kappa shape index (κ3) is 5.10. The molecule has 1 heterocycles. The van der Waals surface area contributed by atoms with Gasteiger partial charge in [-0.15, -0.1) is 0 Å². The number of benzene rings is 2. The van der Waals surface area contributed by atoms with Crippen molar-refractivity contribution in [3.05, 3.63) is 59.7 Å². The summed E-state index contributed by atoms with van der Waals surface area (Å²) >= 11 is 0. The lowest BCUT2D eigenvalue weighted by Gasteiger charge is -2.37. The molecule has 146 valence electrons. The molecule has 1 saturated heterocycles. The van der Waals surface area contributed by atoms with Crippen molar-refractivity contribution in [2.75, 3.05) is 38.6 Å². The fraction of sp³-hybridized carbons (Fsp3) is 0.364. The first-order chi connectivity index (χ1) is 13.6. The first-order valence-electron chi connectivity index (χ1n) is 9.49. The minimum Gasteiger partial charge on any atom is -0.497 e. The van der Waals surface area contributed by atoms with Crippen LogP contribution in [0, 0.1) is 11.3 Å². The predicted molar refractivity (Wildman–Crippen MR) is 109 cm³/mol. The Balaban J connectivity index is 1.49. The summed E-state index contributed by atoms with van der Waals surface area (Å²) in [6.07, 6.45) is 0. The van der Waals surface area contributed by atoms with Gasteiger partial charge in [-0.05, 0) is 42.8 Å². The summed E-state index contributed by atoms with van der Waals surface area (Å²) in [4.78, 5) is 17.2. The molecule has 1 aliphatic heterocycles. The van der Waals surface area contributed by atoms with Crippen molar-refractivity contribution in [2.45, 2.75) is 19.5 Å². The van der Waals surface area contributed by atoms with E-state index in [2.05, 4.69) is 33.3 Å². The van der Waals surface area contributed by atoms with Crippen LogP contribution in [0.3, 0.4) is 0 Å². The number of carbonyl (C=O) groups excluding carboxylic acids is 1. The van der Waals surface area contributed by atoms with Gasteiger partial charge in [-0.2, -0.15) is 5.26 Å². The largest absolute Gasteiger partial charge is 0.497 e. The average molecular weight is 378 g/mol. The molecule has 0 aliphatic carbocycles. The van der Waals surface area contributed by atoms with Gasteiger partial charge in [-0.25, -0.2) is 0 Å². The standard InChI is InChI=1S/C22H26N4O2/c1-17(22(27)24-20-5-3-4-19(14-20)15-23)26-12-10-25(11-13-26)16-18-6-8-21(28-2)9-7-18/h3-9,14,17H,10-13,16H2,1-2H3,(H,24,27)/t17-/m0/s1. The van der Waals surface area contributed by atoms with E-state index in [-0.39, 0.29) is 11.9 Å². The van der Waals surface area contributed by atoms with Gasteiger partial charge in [0, 0.05) is 38.4 Å². The molecule has 0 spiro atoms. The molecule has 3 rings (SSSR count). The summed E-state index contributed by atoms with van der Waals surface area (Å²) in [5.41, 5.74) is 2.46. The van der Waals surface area contributed by atoms with E-state index >= 15 is 0 Å². The Labute approximate surface area is 166 Å². The van der Waals surface area contributed by atoms with E-state index in [0.717, 1.165) is 38.5 Å². The highest BCUT2D eigenvalue weighted by Crippen LogP contribution is 2.16. The number of hydrogen-bond acceptors (Lipinski definition) is 5. The summed E-state index contributed by atoms with van der Waals surface area (Å²) in [5, 5.41) is 11.9. The molecule has 0 unspecified atom stereocenters. The van der Waals surface area contributed by atoms with Gasteiger partial charge in [-0.3, -0.25) is 14.6 Å². The summed E-state index contributed by atoms with van der Waals surface area (Å²) in [5.74, 6) is 0.826. The van der Waals surface area contributed by atoms with E-state index in [0.29, 0.717) is 11.3 Å². The third-order valence-corrected chi connectivity index (χ3v) is 5.16. The molecule has 0 aromatic heterocycles. The summed E-state index contributed by atoms with van der Waals surface area (Å²) in [7, 11) is 1.67. The molecular formula is C22H26N4O2. The molecule has 6 heteroatoms. The number of nitrogens with zero attached hydrogens (tertiary/aromatic N) is 3. The molecule has 2 aromatic carbocycles. The Kier molecular flexibility index (Phi) is 6.64. The molecule has 1 atom stereocenters. The second-order valence-corrected chi connectivity index (χ2v) is 7.02. The Morgan fingerprint density at radius 1 is 1.18 bits per heavy atom. The molecule has 1 amide bonds. The maximum atomic E-state index is 12.6. The molecule has 2 aromatic rings. The first kappa shape index (κ1) is 19.9. The zero-order valence-electron chi connectivity index (χ0n) is 16.4. The lowest BCUT2D eigenvalue weighted by atomic mass is 10.1. The quantitative estimate of drug-likeness (QED) is 0.837.